The molecule has 1 fully saturated rings. The fraction of sp³-hybridized carbons (Fsp3) is 0.538. The van der Waals surface area contributed by atoms with Crippen molar-refractivity contribution in [3.63, 3.8) is 0 Å². The van der Waals surface area contributed by atoms with E-state index in [1.807, 2.05) is 0 Å². The quantitative estimate of drug-likeness (QED) is 0.862. The highest BCUT2D eigenvalue weighted by molar-refractivity contribution is 5.47. The topological polar surface area (TPSA) is 44.7 Å². The van der Waals surface area contributed by atoms with Crippen LogP contribution in [0.2, 0.25) is 0 Å². The Morgan fingerprint density at radius 2 is 2.00 bits per heavy atom. The number of phenolic OH excluding ortho intramolecular Hbond substituents is 1. The van der Waals surface area contributed by atoms with Crippen molar-refractivity contribution in [2.75, 3.05) is 39.8 Å². The van der Waals surface area contributed by atoms with Crippen LogP contribution in [-0.4, -0.2) is 49.8 Å². The van der Waals surface area contributed by atoms with Crippen LogP contribution in [0.15, 0.2) is 6.07 Å². The van der Waals surface area contributed by atoms with Gasteiger partial charge in [-0.15, -0.1) is 0 Å². The average Bonchev–Trinajstić information content (AvgIpc) is 2.39. The van der Waals surface area contributed by atoms with Crippen molar-refractivity contribution in [1.29, 1.82) is 0 Å². The van der Waals surface area contributed by atoms with Gasteiger partial charge >= 0.3 is 0 Å². The third kappa shape index (κ3) is 3.13. The molecule has 19 heavy (non-hydrogen) atoms. The van der Waals surface area contributed by atoms with Crippen LogP contribution in [0.3, 0.4) is 0 Å². The molecule has 1 saturated heterocycles. The first kappa shape index (κ1) is 14.0. The van der Waals surface area contributed by atoms with Crippen molar-refractivity contribution in [3.05, 3.63) is 23.3 Å². The lowest BCUT2D eigenvalue weighted by Crippen LogP contribution is -2.44. The smallest absolute Gasteiger partial charge is 0.197 e. The first-order valence-corrected chi connectivity index (χ1v) is 6.30. The Bertz CT molecular complexity index is 449. The van der Waals surface area contributed by atoms with Gasteiger partial charge in [-0.1, -0.05) is 0 Å². The lowest BCUT2D eigenvalue weighted by Gasteiger charge is -2.27. The van der Waals surface area contributed by atoms with Gasteiger partial charge in [0.05, 0.1) is 7.11 Å². The molecule has 0 spiro atoms. The number of rotatable bonds is 4. The highest BCUT2D eigenvalue weighted by Gasteiger charge is 2.19. The van der Waals surface area contributed by atoms with Crippen molar-refractivity contribution in [2.24, 2.45) is 0 Å². The zero-order chi connectivity index (χ0) is 13.8. The molecule has 0 aromatic heterocycles. The minimum atomic E-state index is -0.886. The summed E-state index contributed by atoms with van der Waals surface area (Å²) in [4.78, 5) is 2.17. The second kappa shape index (κ2) is 6.16. The molecule has 4 nitrogen and oxygen atoms in total. The normalized spacial score (nSPS) is 16.6. The number of hydrogen-bond donors (Lipinski definition) is 2. The van der Waals surface area contributed by atoms with Crippen molar-refractivity contribution < 1.29 is 18.6 Å². The number of nitrogens with zero attached hydrogens (tertiary/aromatic N) is 1. The third-order valence-corrected chi connectivity index (χ3v) is 3.35. The minimum Gasteiger partial charge on any atom is -0.504 e. The third-order valence-electron chi connectivity index (χ3n) is 3.35. The Balaban J connectivity index is 2.10. The van der Waals surface area contributed by atoms with Crippen LogP contribution in [0.25, 0.3) is 0 Å². The van der Waals surface area contributed by atoms with Gasteiger partial charge in [0.15, 0.2) is 17.3 Å². The molecule has 1 aromatic rings. The van der Waals surface area contributed by atoms with Gasteiger partial charge in [0.1, 0.15) is 5.82 Å². The summed E-state index contributed by atoms with van der Waals surface area (Å²) < 4.78 is 31.8. The molecule has 0 radical (unpaired) electrons. The molecule has 0 bridgehead atoms. The molecular formula is C13H18F2N2O2. The second-order valence-electron chi connectivity index (χ2n) is 4.54. The molecule has 0 amide bonds. The first-order chi connectivity index (χ1) is 9.13. The standard InChI is InChI=1S/C13H18F2N2O2/c1-19-13-11(15)8-10(14)9(12(13)18)2-5-17-6-3-16-4-7-17/h8,16,18H,2-7H2,1H3. The van der Waals surface area contributed by atoms with Gasteiger partial charge in [-0.25, -0.2) is 8.78 Å². The maximum Gasteiger partial charge on any atom is 0.197 e. The van der Waals surface area contributed by atoms with E-state index in [0.717, 1.165) is 32.2 Å². The summed E-state index contributed by atoms with van der Waals surface area (Å²) in [6.07, 6.45) is 0.328. The number of piperazine rings is 1. The fourth-order valence-electron chi connectivity index (χ4n) is 2.26. The van der Waals surface area contributed by atoms with Crippen LogP contribution >= 0.6 is 0 Å². The van der Waals surface area contributed by atoms with E-state index in [-0.39, 0.29) is 11.3 Å². The summed E-state index contributed by atoms with van der Waals surface area (Å²) in [6, 6.07) is 0.756. The molecule has 1 aliphatic rings. The van der Waals surface area contributed by atoms with Crippen molar-refractivity contribution in [2.45, 2.75) is 6.42 Å². The SMILES string of the molecule is COc1c(F)cc(F)c(CCN2CCNCC2)c1O. The molecule has 1 heterocycles. The van der Waals surface area contributed by atoms with Crippen molar-refractivity contribution in [1.82, 2.24) is 10.2 Å². The molecule has 2 rings (SSSR count). The Hall–Kier alpha value is -1.40. The van der Waals surface area contributed by atoms with Crippen LogP contribution in [0.1, 0.15) is 5.56 Å². The van der Waals surface area contributed by atoms with Gasteiger partial charge in [0, 0.05) is 44.4 Å². The van der Waals surface area contributed by atoms with Crippen molar-refractivity contribution >= 4 is 0 Å². The van der Waals surface area contributed by atoms with E-state index in [2.05, 4.69) is 10.2 Å². The van der Waals surface area contributed by atoms with Gasteiger partial charge in [-0.05, 0) is 6.42 Å². The highest BCUT2D eigenvalue weighted by Crippen LogP contribution is 2.34. The van der Waals surface area contributed by atoms with Gasteiger partial charge in [-0.3, -0.25) is 0 Å². The summed E-state index contributed by atoms with van der Waals surface area (Å²) in [5, 5.41) is 13.1. The molecule has 0 unspecified atom stereocenters. The maximum absolute atomic E-state index is 13.7. The van der Waals surface area contributed by atoms with Crippen LogP contribution in [0.4, 0.5) is 8.78 Å². The van der Waals surface area contributed by atoms with E-state index in [9.17, 15) is 13.9 Å². The predicted molar refractivity (Wildman–Crippen MR) is 67.6 cm³/mol. The van der Waals surface area contributed by atoms with Gasteiger partial charge in [-0.2, -0.15) is 0 Å². The number of nitrogens with one attached hydrogen (secondary N) is 1. The first-order valence-electron chi connectivity index (χ1n) is 6.30. The van der Waals surface area contributed by atoms with E-state index < -0.39 is 17.4 Å². The molecule has 106 valence electrons. The monoisotopic (exact) mass is 272 g/mol. The zero-order valence-corrected chi connectivity index (χ0v) is 10.9. The lowest BCUT2D eigenvalue weighted by atomic mass is 10.1. The predicted octanol–water partition coefficient (Wildman–Crippen LogP) is 1.13. The van der Waals surface area contributed by atoms with E-state index >= 15 is 0 Å². The molecule has 0 atom stereocenters. The van der Waals surface area contributed by atoms with Crippen LogP contribution in [-0.2, 0) is 6.42 Å². The maximum atomic E-state index is 13.7. The molecule has 6 heteroatoms. The molecule has 0 saturated carbocycles. The number of methoxy groups -OCH3 is 1. The number of benzene rings is 1. The molecule has 1 aliphatic heterocycles. The highest BCUT2D eigenvalue weighted by atomic mass is 19.1. The van der Waals surface area contributed by atoms with Crippen LogP contribution in [0, 0.1) is 11.6 Å². The Kier molecular flexibility index (Phi) is 4.55. The van der Waals surface area contributed by atoms with Crippen LogP contribution < -0.4 is 10.1 Å². The van der Waals surface area contributed by atoms with E-state index in [4.69, 9.17) is 4.74 Å². The fourth-order valence-corrected chi connectivity index (χ4v) is 2.26. The van der Waals surface area contributed by atoms with E-state index in [0.29, 0.717) is 13.0 Å². The molecule has 1 aromatic carbocycles. The van der Waals surface area contributed by atoms with Gasteiger partial charge < -0.3 is 20.1 Å². The molecular weight excluding hydrogens is 254 g/mol. The summed E-state index contributed by atoms with van der Waals surface area (Å²) in [6.45, 7) is 4.21. The Labute approximate surface area is 111 Å². The van der Waals surface area contributed by atoms with E-state index in [1.165, 1.54) is 7.11 Å². The number of aromatic hydroxyl groups is 1. The Morgan fingerprint density at radius 3 is 2.63 bits per heavy atom. The molecule has 2 N–H and O–H groups in total. The van der Waals surface area contributed by atoms with Gasteiger partial charge in [0.2, 0.25) is 0 Å². The average molecular weight is 272 g/mol. The largest absolute Gasteiger partial charge is 0.504 e. The zero-order valence-electron chi connectivity index (χ0n) is 10.9. The number of ether oxygens (including phenoxy) is 1. The number of hydrogen-bond acceptors (Lipinski definition) is 4. The van der Waals surface area contributed by atoms with Gasteiger partial charge in [0.25, 0.3) is 0 Å². The van der Waals surface area contributed by atoms with Crippen molar-refractivity contribution in [3.8, 4) is 11.5 Å². The summed E-state index contributed by atoms with van der Waals surface area (Å²) in [5.74, 6) is -2.35. The summed E-state index contributed by atoms with van der Waals surface area (Å²) >= 11 is 0. The number of halogens is 2. The second-order valence-corrected chi connectivity index (χ2v) is 4.54. The summed E-state index contributed by atoms with van der Waals surface area (Å²) in [5.41, 5.74) is 0.108. The lowest BCUT2D eigenvalue weighted by molar-refractivity contribution is 0.241. The van der Waals surface area contributed by atoms with E-state index in [1.54, 1.807) is 0 Å². The van der Waals surface area contributed by atoms with Crippen LogP contribution in [0.5, 0.6) is 11.5 Å². The molecule has 0 aliphatic carbocycles. The summed E-state index contributed by atoms with van der Waals surface area (Å²) in [7, 11) is 1.25. The number of phenols is 1. The minimum absolute atomic E-state index is 0.108. The Morgan fingerprint density at radius 1 is 1.32 bits per heavy atom.